The topological polar surface area (TPSA) is 92.3 Å². The number of amides is 1. The number of nitrogens with one attached hydrogen (secondary N) is 1. The first-order chi connectivity index (χ1) is 17.9. The van der Waals surface area contributed by atoms with Gasteiger partial charge in [0.1, 0.15) is 6.61 Å². The van der Waals surface area contributed by atoms with Crippen LogP contribution in [-0.2, 0) is 17.8 Å². The summed E-state index contributed by atoms with van der Waals surface area (Å²) >= 11 is 3.40. The van der Waals surface area contributed by atoms with Crippen LogP contribution in [0.2, 0.25) is 0 Å². The third-order valence-corrected chi connectivity index (χ3v) is 6.82. The molecule has 1 unspecified atom stereocenters. The van der Waals surface area contributed by atoms with Gasteiger partial charge in [0.2, 0.25) is 11.2 Å². The summed E-state index contributed by atoms with van der Waals surface area (Å²) in [4.78, 5) is 25.8. The zero-order chi connectivity index (χ0) is 26.5. The second kappa shape index (κ2) is 11.6. The number of carbonyl (C=O) groups is 1. The zero-order valence-electron chi connectivity index (χ0n) is 21.1. The summed E-state index contributed by atoms with van der Waals surface area (Å²) in [6, 6.07) is 13.8. The van der Waals surface area contributed by atoms with E-state index in [-0.39, 0.29) is 17.8 Å². The number of rotatable bonds is 7. The number of benzene rings is 2. The molecule has 0 spiro atoms. The average Bonchev–Trinajstić information content (AvgIpc) is 3.15. The predicted molar refractivity (Wildman–Crippen MR) is 143 cm³/mol. The number of aryl methyl sites for hydroxylation is 1. The lowest BCUT2D eigenvalue weighted by Gasteiger charge is -2.20. The van der Waals surface area contributed by atoms with Crippen molar-refractivity contribution in [2.75, 3.05) is 28.4 Å². The maximum absolute atomic E-state index is 12.9. The molecule has 8 nitrogen and oxygen atoms in total. The molecule has 1 aliphatic carbocycles. The number of carbonyl (C=O) groups excluding carboxylic acids is 1. The van der Waals surface area contributed by atoms with E-state index in [1.165, 1.54) is 13.2 Å². The number of ether oxygens (including phenoxy) is 5. The molecule has 0 radical (unpaired) electrons. The molecule has 0 saturated heterocycles. The second-order valence-corrected chi connectivity index (χ2v) is 9.31. The Hall–Kier alpha value is -3.72. The van der Waals surface area contributed by atoms with Crippen LogP contribution in [0.4, 0.5) is 4.79 Å². The van der Waals surface area contributed by atoms with Crippen molar-refractivity contribution in [3.63, 3.8) is 0 Å². The summed E-state index contributed by atoms with van der Waals surface area (Å²) in [6.45, 7) is 0.115. The molecule has 0 heterocycles. The van der Waals surface area contributed by atoms with Crippen LogP contribution in [0.5, 0.6) is 23.0 Å². The van der Waals surface area contributed by atoms with E-state index in [0.29, 0.717) is 41.2 Å². The van der Waals surface area contributed by atoms with Crippen molar-refractivity contribution in [3.8, 4) is 34.1 Å². The van der Waals surface area contributed by atoms with E-state index in [1.807, 2.05) is 30.3 Å². The molecule has 1 aliphatic rings. The second-order valence-electron chi connectivity index (χ2n) is 8.40. The normalized spacial score (nSPS) is 13.9. The monoisotopic (exact) mass is 569 g/mol. The van der Waals surface area contributed by atoms with Crippen molar-refractivity contribution in [1.82, 2.24) is 5.32 Å². The smallest absolute Gasteiger partial charge is 0.407 e. The molecule has 37 heavy (non-hydrogen) atoms. The Labute approximate surface area is 223 Å². The summed E-state index contributed by atoms with van der Waals surface area (Å²) in [7, 11) is 6.11. The first-order valence-electron chi connectivity index (χ1n) is 11.6. The highest BCUT2D eigenvalue weighted by molar-refractivity contribution is 9.10. The molecule has 1 atom stereocenters. The molecule has 1 amide bonds. The Balaban J connectivity index is 1.77. The van der Waals surface area contributed by atoms with E-state index < -0.39 is 12.1 Å². The molecule has 9 heteroatoms. The van der Waals surface area contributed by atoms with Crippen LogP contribution >= 0.6 is 15.9 Å². The Morgan fingerprint density at radius 2 is 1.62 bits per heavy atom. The number of methoxy groups -OCH3 is 4. The van der Waals surface area contributed by atoms with Crippen molar-refractivity contribution in [3.05, 3.63) is 79.9 Å². The number of fused-ring (bicyclic) bond motifs is 3. The molecule has 0 fully saturated rings. The standard InChI is InChI=1S/C28H28BrNO7/c1-33-23-12-10-19-20(14-22(23)31)21(30-28(32)37-15-16-5-8-18(29)9-6-16)11-7-17-13-24(34-2)26(35-3)27(36-4)25(17)19/h5-6,8-10,12-14,21H,7,11,15H2,1-4H3,(H,30,32). The summed E-state index contributed by atoms with van der Waals surface area (Å²) in [6.07, 6.45) is 0.503. The lowest BCUT2D eigenvalue weighted by Crippen LogP contribution is -2.29. The Morgan fingerprint density at radius 3 is 2.27 bits per heavy atom. The highest BCUT2D eigenvalue weighted by atomic mass is 79.9. The van der Waals surface area contributed by atoms with Crippen molar-refractivity contribution in [1.29, 1.82) is 0 Å². The van der Waals surface area contributed by atoms with Gasteiger partial charge < -0.3 is 29.0 Å². The van der Waals surface area contributed by atoms with Gasteiger partial charge in [-0.3, -0.25) is 4.79 Å². The lowest BCUT2D eigenvalue weighted by atomic mass is 9.95. The third kappa shape index (κ3) is 5.51. The van der Waals surface area contributed by atoms with E-state index >= 15 is 0 Å². The summed E-state index contributed by atoms with van der Waals surface area (Å²) in [5.41, 5.74) is 3.58. The van der Waals surface area contributed by atoms with Crippen LogP contribution < -0.4 is 29.7 Å². The predicted octanol–water partition coefficient (Wildman–Crippen LogP) is 5.42. The van der Waals surface area contributed by atoms with Crippen molar-refractivity contribution >= 4 is 22.0 Å². The van der Waals surface area contributed by atoms with Crippen molar-refractivity contribution < 1.29 is 28.5 Å². The van der Waals surface area contributed by atoms with Gasteiger partial charge in [-0.15, -0.1) is 0 Å². The van der Waals surface area contributed by atoms with Gasteiger partial charge in [-0.05, 0) is 65.4 Å². The highest BCUT2D eigenvalue weighted by Crippen LogP contribution is 2.50. The summed E-state index contributed by atoms with van der Waals surface area (Å²) in [5, 5.41) is 2.95. The number of halogens is 1. The molecule has 0 bridgehead atoms. The zero-order valence-corrected chi connectivity index (χ0v) is 22.6. The first-order valence-corrected chi connectivity index (χ1v) is 12.4. The fourth-order valence-corrected chi connectivity index (χ4v) is 4.79. The van der Waals surface area contributed by atoms with Crippen LogP contribution in [-0.4, -0.2) is 34.5 Å². The van der Waals surface area contributed by atoms with Gasteiger partial charge in [0.15, 0.2) is 17.2 Å². The molecular weight excluding hydrogens is 542 g/mol. The highest BCUT2D eigenvalue weighted by Gasteiger charge is 2.30. The average molecular weight is 570 g/mol. The van der Waals surface area contributed by atoms with Gasteiger partial charge in [0.05, 0.1) is 34.5 Å². The number of hydrogen-bond acceptors (Lipinski definition) is 7. The van der Waals surface area contributed by atoms with Gasteiger partial charge in [0, 0.05) is 10.0 Å². The largest absolute Gasteiger partial charge is 0.493 e. The molecule has 0 saturated carbocycles. The quantitative estimate of drug-likeness (QED) is 0.406. The minimum atomic E-state index is -0.585. The molecule has 4 rings (SSSR count). The van der Waals surface area contributed by atoms with Gasteiger partial charge in [-0.2, -0.15) is 0 Å². The minimum Gasteiger partial charge on any atom is -0.493 e. The van der Waals surface area contributed by atoms with Gasteiger partial charge >= 0.3 is 6.09 Å². The van der Waals surface area contributed by atoms with Crippen LogP contribution in [0.15, 0.2) is 57.8 Å². The third-order valence-electron chi connectivity index (χ3n) is 6.30. The SMILES string of the molecule is COc1cc2c(c(OC)c1OC)-c1ccc(OC)c(=O)cc1C(NC(=O)OCc1ccc(Br)cc1)CC2. The van der Waals surface area contributed by atoms with E-state index in [9.17, 15) is 9.59 Å². The molecule has 3 aromatic carbocycles. The van der Waals surface area contributed by atoms with Crippen molar-refractivity contribution in [2.24, 2.45) is 0 Å². The minimum absolute atomic E-state index is 0.115. The molecular formula is C28H28BrNO7. The summed E-state index contributed by atoms with van der Waals surface area (Å²) < 4.78 is 28.7. The number of alkyl carbamates (subject to hydrolysis) is 1. The maximum atomic E-state index is 12.9. The van der Waals surface area contributed by atoms with E-state index in [0.717, 1.165) is 21.2 Å². The van der Waals surface area contributed by atoms with Crippen molar-refractivity contribution in [2.45, 2.75) is 25.5 Å². The molecule has 0 aromatic heterocycles. The molecule has 0 aliphatic heterocycles. The molecule has 3 aromatic rings. The maximum Gasteiger partial charge on any atom is 0.407 e. The van der Waals surface area contributed by atoms with Crippen LogP contribution in [0.3, 0.4) is 0 Å². The summed E-state index contributed by atoms with van der Waals surface area (Å²) in [5.74, 6) is 1.64. The van der Waals surface area contributed by atoms with E-state index in [4.69, 9.17) is 23.7 Å². The van der Waals surface area contributed by atoms with E-state index in [1.54, 1.807) is 33.5 Å². The Kier molecular flexibility index (Phi) is 8.23. The van der Waals surface area contributed by atoms with Gasteiger partial charge in [-0.1, -0.05) is 34.1 Å². The Morgan fingerprint density at radius 1 is 0.919 bits per heavy atom. The fraction of sp³-hybridized carbons (Fsp3) is 0.286. The lowest BCUT2D eigenvalue weighted by molar-refractivity contribution is 0.135. The van der Waals surface area contributed by atoms with E-state index in [2.05, 4.69) is 21.2 Å². The van der Waals surface area contributed by atoms with Crippen LogP contribution in [0.1, 0.15) is 29.2 Å². The van der Waals surface area contributed by atoms with Crippen LogP contribution in [0.25, 0.3) is 11.1 Å². The first kappa shape index (κ1) is 26.3. The molecule has 194 valence electrons. The van der Waals surface area contributed by atoms with Gasteiger partial charge in [0.25, 0.3) is 0 Å². The molecule has 1 N–H and O–H groups in total. The fourth-order valence-electron chi connectivity index (χ4n) is 4.53. The van der Waals surface area contributed by atoms with Gasteiger partial charge in [-0.25, -0.2) is 4.79 Å². The number of hydrogen-bond donors (Lipinski definition) is 1. The Bertz CT molecular complexity index is 1360. The van der Waals surface area contributed by atoms with Crippen LogP contribution in [0, 0.1) is 0 Å².